The first-order valence-corrected chi connectivity index (χ1v) is 9.88. The lowest BCUT2D eigenvalue weighted by molar-refractivity contribution is 0.252. The predicted molar refractivity (Wildman–Crippen MR) is 113 cm³/mol. The molecule has 2 aliphatic rings. The zero-order valence-electron chi connectivity index (χ0n) is 16.2. The van der Waals surface area contributed by atoms with Gasteiger partial charge in [0.05, 0.1) is 29.3 Å². The molecular formula is C22H22N6O. The topological polar surface area (TPSA) is 74.2 Å². The highest BCUT2D eigenvalue weighted by molar-refractivity contribution is 6.04. The predicted octanol–water partition coefficient (Wildman–Crippen LogP) is 3.87. The smallest absolute Gasteiger partial charge is 0.327 e. The largest absolute Gasteiger partial charge is 0.366 e. The van der Waals surface area contributed by atoms with Gasteiger partial charge in [-0.1, -0.05) is 0 Å². The van der Waals surface area contributed by atoms with Crippen molar-refractivity contribution in [1.29, 1.82) is 0 Å². The molecule has 0 spiro atoms. The maximum absolute atomic E-state index is 13.2. The Balaban J connectivity index is 1.55. The zero-order valence-corrected chi connectivity index (χ0v) is 16.2. The van der Waals surface area contributed by atoms with E-state index in [-0.39, 0.29) is 12.1 Å². The van der Waals surface area contributed by atoms with Crippen LogP contribution in [0.1, 0.15) is 18.5 Å². The molecule has 1 N–H and O–H groups in total. The van der Waals surface area contributed by atoms with Crippen molar-refractivity contribution < 1.29 is 4.79 Å². The van der Waals surface area contributed by atoms with Crippen molar-refractivity contribution in [2.45, 2.75) is 25.8 Å². The molecule has 1 saturated heterocycles. The minimum atomic E-state index is -0.169. The van der Waals surface area contributed by atoms with Crippen LogP contribution in [0.25, 0.3) is 11.3 Å². The first kappa shape index (κ1) is 17.6. The number of fused-ring (bicyclic) bond motifs is 4. The Labute approximate surface area is 169 Å². The highest BCUT2D eigenvalue weighted by Crippen LogP contribution is 2.39. The molecule has 7 nitrogen and oxygen atoms in total. The van der Waals surface area contributed by atoms with Crippen LogP contribution in [0.4, 0.5) is 22.0 Å². The third-order valence-electron chi connectivity index (χ3n) is 5.52. The van der Waals surface area contributed by atoms with E-state index in [9.17, 15) is 4.79 Å². The average molecular weight is 386 g/mol. The number of urea groups is 1. The van der Waals surface area contributed by atoms with Gasteiger partial charge in [0.25, 0.3) is 0 Å². The molecule has 2 aliphatic heterocycles. The maximum Gasteiger partial charge on any atom is 0.327 e. The van der Waals surface area contributed by atoms with E-state index in [4.69, 9.17) is 4.98 Å². The monoisotopic (exact) mass is 386 g/mol. The first-order chi connectivity index (χ1) is 14.2. The number of nitrogens with one attached hydrogen (secondary N) is 1. The second-order valence-corrected chi connectivity index (χ2v) is 7.51. The molecule has 29 heavy (non-hydrogen) atoms. The molecule has 1 fully saturated rings. The second-order valence-electron chi connectivity index (χ2n) is 7.51. The number of hydrogen-bond acceptors (Lipinski definition) is 5. The van der Waals surface area contributed by atoms with Crippen molar-refractivity contribution in [3.05, 3.63) is 60.7 Å². The molecule has 146 valence electrons. The van der Waals surface area contributed by atoms with Gasteiger partial charge in [-0.15, -0.1) is 0 Å². The highest BCUT2D eigenvalue weighted by atomic mass is 16.2. The molecule has 2 bridgehead atoms. The Morgan fingerprint density at radius 3 is 2.90 bits per heavy atom. The lowest BCUT2D eigenvalue weighted by Crippen LogP contribution is -2.56. The van der Waals surface area contributed by atoms with Crippen LogP contribution in [0, 0.1) is 6.92 Å². The Kier molecular flexibility index (Phi) is 4.35. The summed E-state index contributed by atoms with van der Waals surface area (Å²) in [6, 6.07) is 11.7. The molecule has 0 radical (unpaired) electrons. The van der Waals surface area contributed by atoms with Gasteiger partial charge in [-0.05, 0) is 56.2 Å². The van der Waals surface area contributed by atoms with Crippen LogP contribution in [-0.2, 0) is 0 Å². The molecule has 1 atom stereocenters. The van der Waals surface area contributed by atoms with Crippen molar-refractivity contribution in [3.63, 3.8) is 0 Å². The van der Waals surface area contributed by atoms with E-state index in [1.807, 2.05) is 48.4 Å². The summed E-state index contributed by atoms with van der Waals surface area (Å²) in [5, 5.41) is 2.98. The number of aryl methyl sites for hydroxylation is 1. The van der Waals surface area contributed by atoms with Crippen LogP contribution in [0.3, 0.4) is 0 Å². The number of rotatable bonds is 2. The van der Waals surface area contributed by atoms with Gasteiger partial charge in [-0.3, -0.25) is 14.9 Å². The lowest BCUT2D eigenvalue weighted by Gasteiger charge is -2.45. The molecular weight excluding hydrogens is 364 g/mol. The van der Waals surface area contributed by atoms with E-state index < -0.39 is 0 Å². The van der Waals surface area contributed by atoms with Crippen molar-refractivity contribution in [1.82, 2.24) is 15.0 Å². The third-order valence-corrected chi connectivity index (χ3v) is 5.52. The SMILES string of the molecule is Cc1ccc(-c2ccc3c(n2)N(C(=O)Nc2cccnc2)[C@H]2CCCN3C2)cn1. The van der Waals surface area contributed by atoms with Gasteiger partial charge < -0.3 is 10.2 Å². The fourth-order valence-electron chi connectivity index (χ4n) is 4.08. The van der Waals surface area contributed by atoms with Crippen LogP contribution in [0.15, 0.2) is 55.0 Å². The number of piperidine rings is 1. The number of aromatic nitrogens is 3. The summed E-state index contributed by atoms with van der Waals surface area (Å²) in [5.41, 5.74) is 4.40. The Hall–Kier alpha value is -3.48. The van der Waals surface area contributed by atoms with Gasteiger partial charge in [-0.2, -0.15) is 0 Å². The van der Waals surface area contributed by atoms with E-state index in [0.29, 0.717) is 11.5 Å². The van der Waals surface area contributed by atoms with E-state index in [2.05, 4.69) is 26.3 Å². The quantitative estimate of drug-likeness (QED) is 0.724. The van der Waals surface area contributed by atoms with Crippen LogP contribution in [-0.4, -0.2) is 40.1 Å². The summed E-state index contributed by atoms with van der Waals surface area (Å²) >= 11 is 0. The molecule has 3 aromatic heterocycles. The number of anilines is 3. The number of hydrogen-bond donors (Lipinski definition) is 1. The van der Waals surface area contributed by atoms with Gasteiger partial charge in [0.2, 0.25) is 0 Å². The fourth-order valence-corrected chi connectivity index (χ4v) is 4.08. The summed E-state index contributed by atoms with van der Waals surface area (Å²) in [6.07, 6.45) is 7.19. The molecule has 0 aliphatic carbocycles. The first-order valence-electron chi connectivity index (χ1n) is 9.88. The van der Waals surface area contributed by atoms with Crippen LogP contribution >= 0.6 is 0 Å². The Morgan fingerprint density at radius 2 is 2.10 bits per heavy atom. The summed E-state index contributed by atoms with van der Waals surface area (Å²) in [5.74, 6) is 0.709. The molecule has 5 rings (SSSR count). The summed E-state index contributed by atoms with van der Waals surface area (Å²) in [4.78, 5) is 30.8. The fraction of sp³-hybridized carbons (Fsp3) is 0.273. The number of carbonyl (C=O) groups is 1. The summed E-state index contributed by atoms with van der Waals surface area (Å²) in [7, 11) is 0. The van der Waals surface area contributed by atoms with E-state index in [1.54, 1.807) is 12.4 Å². The van der Waals surface area contributed by atoms with Gasteiger partial charge in [0, 0.05) is 36.7 Å². The van der Waals surface area contributed by atoms with E-state index in [1.165, 1.54) is 0 Å². The minimum absolute atomic E-state index is 0.104. The van der Waals surface area contributed by atoms with Crippen molar-refractivity contribution in [3.8, 4) is 11.3 Å². The number of amides is 2. The maximum atomic E-state index is 13.2. The van der Waals surface area contributed by atoms with Crippen LogP contribution in [0.2, 0.25) is 0 Å². The number of pyridine rings is 3. The molecule has 3 aromatic rings. The lowest BCUT2D eigenvalue weighted by atomic mass is 9.99. The highest BCUT2D eigenvalue weighted by Gasteiger charge is 2.38. The van der Waals surface area contributed by atoms with Gasteiger partial charge >= 0.3 is 6.03 Å². The normalized spacial score (nSPS) is 17.6. The molecule has 0 saturated carbocycles. The minimum Gasteiger partial charge on any atom is -0.366 e. The summed E-state index contributed by atoms with van der Waals surface area (Å²) < 4.78 is 0. The van der Waals surface area contributed by atoms with E-state index >= 15 is 0 Å². The van der Waals surface area contributed by atoms with Gasteiger partial charge in [-0.25, -0.2) is 9.78 Å². The summed E-state index contributed by atoms with van der Waals surface area (Å²) in [6.45, 7) is 3.79. The van der Waals surface area contributed by atoms with Crippen LogP contribution < -0.4 is 15.1 Å². The average Bonchev–Trinajstić information content (AvgIpc) is 2.75. The number of carbonyl (C=O) groups excluding carboxylic acids is 1. The third kappa shape index (κ3) is 3.29. The molecule has 0 aromatic carbocycles. The number of nitrogens with zero attached hydrogens (tertiary/aromatic N) is 5. The van der Waals surface area contributed by atoms with Gasteiger partial charge in [0.15, 0.2) is 5.82 Å². The molecule has 7 heteroatoms. The van der Waals surface area contributed by atoms with Crippen LogP contribution in [0.5, 0.6) is 0 Å². The van der Waals surface area contributed by atoms with Crippen molar-refractivity contribution in [2.24, 2.45) is 0 Å². The van der Waals surface area contributed by atoms with Gasteiger partial charge in [0.1, 0.15) is 0 Å². The zero-order chi connectivity index (χ0) is 19.8. The van der Waals surface area contributed by atoms with Crippen molar-refractivity contribution >= 4 is 23.2 Å². The molecule has 2 amide bonds. The van der Waals surface area contributed by atoms with Crippen molar-refractivity contribution in [2.75, 3.05) is 28.2 Å². The standard InChI is InChI=1S/C22H22N6O/c1-15-6-7-16(12-24-15)19-8-9-20-21(26-19)28(18-5-3-11-27(20)14-18)22(29)25-17-4-2-10-23-13-17/h2,4,6-10,12-13,18H,3,5,11,14H2,1H3,(H,25,29)/t18-/m0/s1. The Bertz CT molecular complexity index is 1040. The second kappa shape index (κ2) is 7.16. The molecule has 0 unspecified atom stereocenters. The Morgan fingerprint density at radius 1 is 1.17 bits per heavy atom. The van der Waals surface area contributed by atoms with E-state index in [0.717, 1.165) is 48.6 Å². The molecule has 5 heterocycles.